The molecule has 0 aliphatic carbocycles. The molecule has 2 unspecified atom stereocenters. The summed E-state index contributed by atoms with van der Waals surface area (Å²) in [5.41, 5.74) is 1.07. The van der Waals surface area contributed by atoms with E-state index in [1.807, 2.05) is 31.2 Å². The zero-order valence-corrected chi connectivity index (χ0v) is 13.5. The summed E-state index contributed by atoms with van der Waals surface area (Å²) in [7, 11) is 1.65. The van der Waals surface area contributed by atoms with Crippen LogP contribution < -0.4 is 15.4 Å². The third kappa shape index (κ3) is 5.56. The fourth-order valence-electron chi connectivity index (χ4n) is 2.62. The summed E-state index contributed by atoms with van der Waals surface area (Å²) in [6.07, 6.45) is 3.94. The minimum atomic E-state index is 0. The summed E-state index contributed by atoms with van der Waals surface area (Å²) < 4.78 is 5.20. The van der Waals surface area contributed by atoms with E-state index in [1.54, 1.807) is 7.11 Å². The molecule has 0 spiro atoms. The number of hydrogen-bond donors (Lipinski definition) is 2. The summed E-state index contributed by atoms with van der Waals surface area (Å²) in [5, 5.41) is 6.46. The molecule has 1 fully saturated rings. The van der Waals surface area contributed by atoms with Crippen LogP contribution in [0.1, 0.15) is 44.2 Å². The Bertz CT molecular complexity index is 448. The molecule has 1 aromatic rings. The smallest absolute Gasteiger partial charge is 0.220 e. The maximum atomic E-state index is 12.0. The van der Waals surface area contributed by atoms with Gasteiger partial charge in [-0.1, -0.05) is 12.1 Å². The van der Waals surface area contributed by atoms with Crippen LogP contribution in [-0.2, 0) is 4.79 Å². The van der Waals surface area contributed by atoms with Gasteiger partial charge in [-0.15, -0.1) is 12.4 Å². The summed E-state index contributed by atoms with van der Waals surface area (Å²) >= 11 is 0. The third-order valence-electron chi connectivity index (χ3n) is 3.85. The van der Waals surface area contributed by atoms with Crippen molar-refractivity contribution in [1.29, 1.82) is 0 Å². The Morgan fingerprint density at radius 3 is 3.00 bits per heavy atom. The van der Waals surface area contributed by atoms with Crippen molar-refractivity contribution in [3.63, 3.8) is 0 Å². The molecular weight excluding hydrogens is 288 g/mol. The van der Waals surface area contributed by atoms with Crippen molar-refractivity contribution in [1.82, 2.24) is 10.6 Å². The van der Waals surface area contributed by atoms with E-state index < -0.39 is 0 Å². The van der Waals surface area contributed by atoms with E-state index in [0.29, 0.717) is 12.5 Å². The molecule has 2 rings (SSSR count). The average molecular weight is 313 g/mol. The van der Waals surface area contributed by atoms with Crippen LogP contribution in [0.15, 0.2) is 24.3 Å². The van der Waals surface area contributed by atoms with Crippen molar-refractivity contribution in [2.24, 2.45) is 0 Å². The van der Waals surface area contributed by atoms with Gasteiger partial charge in [-0.25, -0.2) is 0 Å². The molecule has 118 valence electrons. The number of carbonyl (C=O) groups is 1. The topological polar surface area (TPSA) is 50.4 Å². The van der Waals surface area contributed by atoms with E-state index in [0.717, 1.165) is 24.3 Å². The van der Waals surface area contributed by atoms with Gasteiger partial charge in [0.2, 0.25) is 5.91 Å². The Kier molecular flexibility index (Phi) is 7.54. The molecule has 1 aromatic carbocycles. The lowest BCUT2D eigenvalue weighted by Gasteiger charge is -2.16. The van der Waals surface area contributed by atoms with Gasteiger partial charge in [0.1, 0.15) is 5.75 Å². The lowest BCUT2D eigenvalue weighted by molar-refractivity contribution is -0.121. The van der Waals surface area contributed by atoms with Crippen molar-refractivity contribution in [2.45, 2.75) is 44.7 Å². The summed E-state index contributed by atoms with van der Waals surface area (Å²) in [5.74, 6) is 0.938. The molecule has 0 aromatic heterocycles. The van der Waals surface area contributed by atoms with Crippen LogP contribution in [0, 0.1) is 0 Å². The Morgan fingerprint density at radius 2 is 2.33 bits per heavy atom. The number of benzene rings is 1. The molecule has 1 amide bonds. The van der Waals surface area contributed by atoms with Gasteiger partial charge in [0, 0.05) is 12.5 Å². The molecule has 0 saturated carbocycles. The van der Waals surface area contributed by atoms with Gasteiger partial charge in [0.05, 0.1) is 13.2 Å². The first kappa shape index (κ1) is 17.8. The fraction of sp³-hybridized carbons (Fsp3) is 0.562. The molecule has 1 aliphatic heterocycles. The van der Waals surface area contributed by atoms with Gasteiger partial charge in [-0.2, -0.15) is 0 Å². The maximum Gasteiger partial charge on any atom is 0.220 e. The lowest BCUT2D eigenvalue weighted by atomic mass is 10.1. The van der Waals surface area contributed by atoms with Crippen LogP contribution in [0.3, 0.4) is 0 Å². The Hall–Kier alpha value is -1.26. The second-order valence-corrected chi connectivity index (χ2v) is 5.40. The van der Waals surface area contributed by atoms with Crippen molar-refractivity contribution in [3.05, 3.63) is 29.8 Å². The predicted octanol–water partition coefficient (Wildman–Crippen LogP) is 2.83. The van der Waals surface area contributed by atoms with Crippen molar-refractivity contribution < 1.29 is 9.53 Å². The van der Waals surface area contributed by atoms with Crippen LogP contribution in [0.4, 0.5) is 0 Å². The monoisotopic (exact) mass is 312 g/mol. The standard InChI is InChI=1S/C16H24N2O2.ClH/c1-12(13-5-3-7-15(11-13)20-2)18-16(19)9-8-14-6-4-10-17-14;/h3,5,7,11-12,14,17H,4,6,8-10H2,1-2H3,(H,18,19);1H. The minimum absolute atomic E-state index is 0. The highest BCUT2D eigenvalue weighted by atomic mass is 35.5. The number of amides is 1. The van der Waals surface area contributed by atoms with E-state index in [1.165, 1.54) is 12.8 Å². The summed E-state index contributed by atoms with van der Waals surface area (Å²) in [4.78, 5) is 12.0. The number of ether oxygens (including phenoxy) is 1. The number of methoxy groups -OCH3 is 1. The fourth-order valence-corrected chi connectivity index (χ4v) is 2.62. The van der Waals surface area contributed by atoms with Crippen molar-refractivity contribution in [2.75, 3.05) is 13.7 Å². The molecule has 1 saturated heterocycles. The predicted molar refractivity (Wildman–Crippen MR) is 87.1 cm³/mol. The van der Waals surface area contributed by atoms with Gasteiger partial charge in [0.25, 0.3) is 0 Å². The number of nitrogens with one attached hydrogen (secondary N) is 2. The second-order valence-electron chi connectivity index (χ2n) is 5.40. The molecule has 1 heterocycles. The SMILES string of the molecule is COc1cccc(C(C)NC(=O)CCC2CCCN2)c1.Cl. The summed E-state index contributed by atoms with van der Waals surface area (Å²) in [6, 6.07) is 8.35. The van der Waals surface area contributed by atoms with Crippen LogP contribution in [-0.4, -0.2) is 25.6 Å². The van der Waals surface area contributed by atoms with E-state index in [-0.39, 0.29) is 24.4 Å². The van der Waals surface area contributed by atoms with E-state index in [4.69, 9.17) is 4.74 Å². The highest BCUT2D eigenvalue weighted by Crippen LogP contribution is 2.19. The molecular formula is C16H25ClN2O2. The number of carbonyl (C=O) groups excluding carboxylic acids is 1. The van der Waals surface area contributed by atoms with Gasteiger partial charge in [0.15, 0.2) is 0 Å². The molecule has 21 heavy (non-hydrogen) atoms. The van der Waals surface area contributed by atoms with E-state index in [2.05, 4.69) is 10.6 Å². The van der Waals surface area contributed by atoms with Gasteiger partial charge in [-0.05, 0) is 50.4 Å². The second kappa shape index (κ2) is 8.90. The van der Waals surface area contributed by atoms with Crippen LogP contribution >= 0.6 is 12.4 Å². The quantitative estimate of drug-likeness (QED) is 0.849. The van der Waals surface area contributed by atoms with E-state index in [9.17, 15) is 4.79 Å². The molecule has 2 atom stereocenters. The molecule has 0 bridgehead atoms. The Morgan fingerprint density at radius 1 is 1.52 bits per heavy atom. The molecule has 2 N–H and O–H groups in total. The molecule has 5 heteroatoms. The summed E-state index contributed by atoms with van der Waals surface area (Å²) in [6.45, 7) is 3.09. The normalized spacial score (nSPS) is 18.7. The zero-order valence-electron chi connectivity index (χ0n) is 12.7. The lowest BCUT2D eigenvalue weighted by Crippen LogP contribution is -2.29. The van der Waals surface area contributed by atoms with Gasteiger partial charge >= 0.3 is 0 Å². The first-order chi connectivity index (χ1) is 9.69. The Labute approximate surface area is 133 Å². The number of rotatable bonds is 6. The number of hydrogen-bond acceptors (Lipinski definition) is 3. The first-order valence-electron chi connectivity index (χ1n) is 7.35. The van der Waals surface area contributed by atoms with Gasteiger partial charge in [-0.3, -0.25) is 4.79 Å². The average Bonchev–Trinajstić information content (AvgIpc) is 2.98. The molecule has 4 nitrogen and oxygen atoms in total. The first-order valence-corrected chi connectivity index (χ1v) is 7.35. The third-order valence-corrected chi connectivity index (χ3v) is 3.85. The van der Waals surface area contributed by atoms with Crippen LogP contribution in [0.2, 0.25) is 0 Å². The highest BCUT2D eigenvalue weighted by molar-refractivity contribution is 5.85. The minimum Gasteiger partial charge on any atom is -0.497 e. The van der Waals surface area contributed by atoms with E-state index >= 15 is 0 Å². The highest BCUT2D eigenvalue weighted by Gasteiger charge is 2.16. The number of halogens is 1. The van der Waals surface area contributed by atoms with Crippen LogP contribution in [0.5, 0.6) is 5.75 Å². The van der Waals surface area contributed by atoms with Crippen molar-refractivity contribution >= 4 is 18.3 Å². The Balaban J connectivity index is 0.00000220. The van der Waals surface area contributed by atoms with Gasteiger partial charge < -0.3 is 15.4 Å². The molecule has 1 aliphatic rings. The van der Waals surface area contributed by atoms with Crippen LogP contribution in [0.25, 0.3) is 0 Å². The largest absolute Gasteiger partial charge is 0.497 e. The zero-order chi connectivity index (χ0) is 14.4. The molecule has 0 radical (unpaired) electrons. The maximum absolute atomic E-state index is 12.0. The van der Waals surface area contributed by atoms with Crippen molar-refractivity contribution in [3.8, 4) is 5.75 Å².